The molecule has 0 aliphatic carbocycles. The Labute approximate surface area is 178 Å². The van der Waals surface area contributed by atoms with Gasteiger partial charge in [0.25, 0.3) is 10.0 Å². The molecule has 0 aliphatic rings. The van der Waals surface area contributed by atoms with Gasteiger partial charge in [0, 0.05) is 5.69 Å². The van der Waals surface area contributed by atoms with Crippen molar-refractivity contribution >= 4 is 15.7 Å². The molecule has 2 aromatic rings. The van der Waals surface area contributed by atoms with Crippen LogP contribution in [0.2, 0.25) is 0 Å². The maximum Gasteiger partial charge on any atom is 0.261 e. The van der Waals surface area contributed by atoms with Crippen LogP contribution in [0.3, 0.4) is 0 Å². The molecule has 3 nitrogen and oxygen atoms in total. The van der Waals surface area contributed by atoms with E-state index in [4.69, 9.17) is 0 Å². The fourth-order valence-electron chi connectivity index (χ4n) is 3.59. The molecule has 29 heavy (non-hydrogen) atoms. The molecule has 0 aromatic heterocycles. The predicted molar refractivity (Wildman–Crippen MR) is 124 cm³/mol. The van der Waals surface area contributed by atoms with Crippen molar-refractivity contribution in [3.63, 3.8) is 0 Å². The lowest BCUT2D eigenvalue weighted by Crippen LogP contribution is -2.20. The highest BCUT2D eigenvalue weighted by molar-refractivity contribution is 7.92. The average Bonchev–Trinajstić information content (AvgIpc) is 2.58. The summed E-state index contributed by atoms with van der Waals surface area (Å²) >= 11 is 0. The molecule has 1 N–H and O–H groups in total. The van der Waals surface area contributed by atoms with Crippen molar-refractivity contribution in [2.24, 2.45) is 11.3 Å². The minimum absolute atomic E-state index is 0.0345. The van der Waals surface area contributed by atoms with E-state index in [9.17, 15) is 8.42 Å². The van der Waals surface area contributed by atoms with E-state index in [0.29, 0.717) is 22.4 Å². The van der Waals surface area contributed by atoms with Crippen LogP contribution in [0.1, 0.15) is 78.9 Å². The van der Waals surface area contributed by atoms with Gasteiger partial charge in [-0.05, 0) is 64.5 Å². The van der Waals surface area contributed by atoms with E-state index in [1.54, 1.807) is 12.1 Å². The van der Waals surface area contributed by atoms with Crippen molar-refractivity contribution in [1.29, 1.82) is 0 Å². The van der Waals surface area contributed by atoms with Crippen LogP contribution in [-0.4, -0.2) is 8.42 Å². The molecule has 4 heteroatoms. The first-order valence-corrected chi connectivity index (χ1v) is 11.9. The summed E-state index contributed by atoms with van der Waals surface area (Å²) in [6.07, 6.45) is 1.08. The third-order valence-electron chi connectivity index (χ3n) is 5.35. The Kier molecular flexibility index (Phi) is 6.89. The number of nitrogens with one attached hydrogen (secondary N) is 1. The van der Waals surface area contributed by atoms with Gasteiger partial charge in [0.1, 0.15) is 0 Å². The topological polar surface area (TPSA) is 46.2 Å². The fraction of sp³-hybridized carbons (Fsp3) is 0.520. The van der Waals surface area contributed by atoms with Gasteiger partial charge in [-0.1, -0.05) is 79.7 Å². The summed E-state index contributed by atoms with van der Waals surface area (Å²) in [7, 11) is -3.61. The lowest BCUT2D eigenvalue weighted by atomic mass is 9.72. The molecule has 0 aliphatic heterocycles. The van der Waals surface area contributed by atoms with Gasteiger partial charge in [-0.2, -0.15) is 0 Å². The van der Waals surface area contributed by atoms with Gasteiger partial charge in [-0.15, -0.1) is 0 Å². The van der Waals surface area contributed by atoms with Crippen LogP contribution < -0.4 is 4.72 Å². The molecule has 0 heterocycles. The second-order valence-corrected chi connectivity index (χ2v) is 12.2. The summed E-state index contributed by atoms with van der Waals surface area (Å²) in [5.41, 5.74) is 3.10. The van der Waals surface area contributed by atoms with Crippen LogP contribution in [0.15, 0.2) is 53.4 Å². The Bertz CT molecular complexity index is 897. The minimum atomic E-state index is -3.61. The summed E-state index contributed by atoms with van der Waals surface area (Å²) in [5, 5.41) is 0. The molecule has 1 atom stereocenters. The Morgan fingerprint density at radius 1 is 0.828 bits per heavy atom. The van der Waals surface area contributed by atoms with E-state index >= 15 is 0 Å². The zero-order valence-electron chi connectivity index (χ0n) is 19.2. The Balaban J connectivity index is 2.23. The highest BCUT2D eigenvalue weighted by Crippen LogP contribution is 2.40. The molecule has 160 valence electrons. The molecular formula is C25H37NO2S. The summed E-state index contributed by atoms with van der Waals surface area (Å²) in [5.74, 6) is 0.970. The number of hydrogen-bond donors (Lipinski definition) is 1. The number of sulfonamides is 1. The standard InChI is InChI=1S/C25H37NO2S/c1-18(2)17-23(25(6,7)8)19-9-15-22(16-10-19)29(27,28)26-21-13-11-20(12-14-21)24(3,4)5/h9-16,18,23,26H,17H2,1-8H3. The lowest BCUT2D eigenvalue weighted by molar-refractivity contribution is 0.280. The van der Waals surface area contributed by atoms with Crippen molar-refractivity contribution in [3.8, 4) is 0 Å². The van der Waals surface area contributed by atoms with E-state index in [1.165, 1.54) is 11.1 Å². The van der Waals surface area contributed by atoms with Crippen molar-refractivity contribution in [2.45, 2.75) is 78.0 Å². The third-order valence-corrected chi connectivity index (χ3v) is 6.75. The molecule has 0 saturated carbocycles. The van der Waals surface area contributed by atoms with Gasteiger partial charge < -0.3 is 0 Å². The first kappa shape index (κ1) is 23.5. The molecule has 0 bridgehead atoms. The Hall–Kier alpha value is -1.81. The van der Waals surface area contributed by atoms with Crippen molar-refractivity contribution in [2.75, 3.05) is 4.72 Å². The highest BCUT2D eigenvalue weighted by atomic mass is 32.2. The first-order valence-electron chi connectivity index (χ1n) is 10.4. The molecule has 0 saturated heterocycles. The Morgan fingerprint density at radius 3 is 1.76 bits per heavy atom. The smallest absolute Gasteiger partial charge is 0.261 e. The molecule has 0 radical (unpaired) electrons. The molecular weight excluding hydrogens is 378 g/mol. The quantitative estimate of drug-likeness (QED) is 0.554. The predicted octanol–water partition coefficient (Wildman–Crippen LogP) is 6.96. The molecule has 1 unspecified atom stereocenters. The summed E-state index contributed by atoms with van der Waals surface area (Å²) in [6.45, 7) is 17.6. The normalized spacial score (nSPS) is 14.1. The van der Waals surface area contributed by atoms with Gasteiger partial charge in [0.15, 0.2) is 0 Å². The zero-order valence-corrected chi connectivity index (χ0v) is 20.0. The van der Waals surface area contributed by atoms with E-state index in [0.717, 1.165) is 6.42 Å². The lowest BCUT2D eigenvalue weighted by Gasteiger charge is -2.32. The first-order chi connectivity index (χ1) is 13.2. The summed E-state index contributed by atoms with van der Waals surface area (Å²) in [4.78, 5) is 0.290. The van der Waals surface area contributed by atoms with Gasteiger partial charge >= 0.3 is 0 Å². The third kappa shape index (κ3) is 6.33. The maximum absolute atomic E-state index is 12.8. The van der Waals surface area contributed by atoms with Gasteiger partial charge in [-0.25, -0.2) is 8.42 Å². The monoisotopic (exact) mass is 415 g/mol. The molecule has 0 spiro atoms. The van der Waals surface area contributed by atoms with Crippen LogP contribution in [0.25, 0.3) is 0 Å². The van der Waals surface area contributed by atoms with Crippen LogP contribution in [0.4, 0.5) is 5.69 Å². The largest absolute Gasteiger partial charge is 0.280 e. The van der Waals surface area contributed by atoms with Crippen molar-refractivity contribution < 1.29 is 8.42 Å². The number of benzene rings is 2. The molecule has 0 amide bonds. The van der Waals surface area contributed by atoms with E-state index < -0.39 is 10.0 Å². The van der Waals surface area contributed by atoms with Gasteiger partial charge in [0.2, 0.25) is 0 Å². The van der Waals surface area contributed by atoms with Gasteiger partial charge in [-0.3, -0.25) is 4.72 Å². The Morgan fingerprint density at radius 2 is 1.34 bits per heavy atom. The zero-order chi connectivity index (χ0) is 22.0. The molecule has 2 rings (SSSR count). The van der Waals surface area contributed by atoms with Crippen LogP contribution in [-0.2, 0) is 15.4 Å². The maximum atomic E-state index is 12.8. The number of anilines is 1. The van der Waals surface area contributed by atoms with Crippen LogP contribution >= 0.6 is 0 Å². The second kappa shape index (κ2) is 8.51. The molecule has 2 aromatic carbocycles. The number of rotatable bonds is 6. The summed E-state index contributed by atoms with van der Waals surface area (Å²) < 4.78 is 28.4. The van der Waals surface area contributed by atoms with Crippen LogP contribution in [0.5, 0.6) is 0 Å². The minimum Gasteiger partial charge on any atom is -0.280 e. The van der Waals surface area contributed by atoms with E-state index in [2.05, 4.69) is 60.1 Å². The highest BCUT2D eigenvalue weighted by Gasteiger charge is 2.27. The fourth-order valence-corrected chi connectivity index (χ4v) is 4.65. The number of hydrogen-bond acceptors (Lipinski definition) is 2. The average molecular weight is 416 g/mol. The van der Waals surface area contributed by atoms with Crippen molar-refractivity contribution in [3.05, 3.63) is 59.7 Å². The SMILES string of the molecule is CC(C)CC(c1ccc(S(=O)(=O)Nc2ccc(C(C)(C)C)cc2)cc1)C(C)(C)C. The van der Waals surface area contributed by atoms with E-state index in [1.807, 2.05) is 36.4 Å². The van der Waals surface area contributed by atoms with Gasteiger partial charge in [0.05, 0.1) is 4.90 Å². The van der Waals surface area contributed by atoms with Crippen molar-refractivity contribution in [1.82, 2.24) is 0 Å². The second-order valence-electron chi connectivity index (χ2n) is 10.6. The summed E-state index contributed by atoms with van der Waals surface area (Å²) in [6, 6.07) is 15.0. The molecule has 0 fully saturated rings. The van der Waals surface area contributed by atoms with E-state index in [-0.39, 0.29) is 10.8 Å². The van der Waals surface area contributed by atoms with Crippen LogP contribution in [0, 0.1) is 11.3 Å².